The molecule has 1 aromatic rings. The van der Waals surface area contributed by atoms with E-state index >= 15 is 0 Å². The molecule has 0 saturated carbocycles. The lowest BCUT2D eigenvalue weighted by Gasteiger charge is -2.33. The van der Waals surface area contributed by atoms with Crippen LogP contribution >= 0.6 is 0 Å². The number of piperidine rings is 1. The second-order valence-corrected chi connectivity index (χ2v) is 6.83. The van der Waals surface area contributed by atoms with Gasteiger partial charge in [0.2, 0.25) is 10.0 Å². The Morgan fingerprint density at radius 2 is 2.10 bits per heavy atom. The van der Waals surface area contributed by atoms with Crippen molar-refractivity contribution in [2.45, 2.75) is 37.1 Å². The summed E-state index contributed by atoms with van der Waals surface area (Å²) in [4.78, 5) is 0.294. The van der Waals surface area contributed by atoms with E-state index in [9.17, 15) is 13.5 Å². The normalized spacial score (nSPS) is 20.8. The molecule has 1 atom stereocenters. The fraction of sp³-hybridized carbons (Fsp3) is 0.571. The lowest BCUT2D eigenvalue weighted by atomic mass is 10.1. The van der Waals surface area contributed by atoms with Crippen molar-refractivity contribution in [1.29, 1.82) is 0 Å². The highest BCUT2D eigenvalue weighted by Gasteiger charge is 2.34. The molecular formula is C14H22N2O3S. The van der Waals surface area contributed by atoms with Crippen molar-refractivity contribution in [2.24, 2.45) is 0 Å². The molecule has 0 bridgehead atoms. The van der Waals surface area contributed by atoms with E-state index in [-0.39, 0.29) is 12.6 Å². The third-order valence-corrected chi connectivity index (χ3v) is 5.63. The Labute approximate surface area is 120 Å². The topological polar surface area (TPSA) is 69.6 Å². The van der Waals surface area contributed by atoms with Gasteiger partial charge in [-0.15, -0.1) is 0 Å². The quantitative estimate of drug-likeness (QED) is 0.867. The van der Waals surface area contributed by atoms with E-state index in [1.807, 2.05) is 13.0 Å². The van der Waals surface area contributed by atoms with E-state index in [0.29, 0.717) is 23.7 Å². The van der Waals surface area contributed by atoms with Crippen molar-refractivity contribution in [1.82, 2.24) is 4.31 Å². The zero-order valence-electron chi connectivity index (χ0n) is 11.7. The number of sulfonamides is 1. The number of anilines is 1. The summed E-state index contributed by atoms with van der Waals surface area (Å²) >= 11 is 0. The van der Waals surface area contributed by atoms with Gasteiger partial charge >= 0.3 is 0 Å². The highest BCUT2D eigenvalue weighted by molar-refractivity contribution is 7.89. The van der Waals surface area contributed by atoms with Crippen molar-refractivity contribution in [2.75, 3.05) is 25.0 Å². The van der Waals surface area contributed by atoms with E-state index in [1.54, 1.807) is 18.2 Å². The summed E-state index contributed by atoms with van der Waals surface area (Å²) in [5, 5.41) is 12.5. The summed E-state index contributed by atoms with van der Waals surface area (Å²) in [5.41, 5.74) is 0.622. The van der Waals surface area contributed by atoms with Crippen molar-refractivity contribution < 1.29 is 13.5 Å². The van der Waals surface area contributed by atoms with Crippen LogP contribution in [0.25, 0.3) is 0 Å². The minimum Gasteiger partial charge on any atom is -0.395 e. The zero-order chi connectivity index (χ0) is 14.6. The maximum Gasteiger partial charge on any atom is 0.245 e. The van der Waals surface area contributed by atoms with Gasteiger partial charge in [0.15, 0.2) is 0 Å². The fourth-order valence-corrected chi connectivity index (χ4v) is 4.48. The number of aliphatic hydroxyl groups is 1. The largest absolute Gasteiger partial charge is 0.395 e. The summed E-state index contributed by atoms with van der Waals surface area (Å²) in [7, 11) is -3.57. The Hall–Kier alpha value is -1.11. The molecule has 1 aliphatic rings. The smallest absolute Gasteiger partial charge is 0.245 e. The van der Waals surface area contributed by atoms with E-state index in [1.165, 1.54) is 4.31 Å². The molecule has 1 unspecified atom stereocenters. The number of nitrogens with zero attached hydrogens (tertiary/aromatic N) is 1. The van der Waals surface area contributed by atoms with Crippen LogP contribution in [0.3, 0.4) is 0 Å². The lowest BCUT2D eigenvalue weighted by Crippen LogP contribution is -2.45. The van der Waals surface area contributed by atoms with Crippen LogP contribution in [0.2, 0.25) is 0 Å². The molecule has 112 valence electrons. The standard InChI is InChI=1S/C14H22N2O3S/c1-2-15-13-8-3-4-9-14(13)20(18,19)16-10-6-5-7-12(16)11-17/h3-4,8-9,12,15,17H,2,5-7,10-11H2,1H3. The SMILES string of the molecule is CCNc1ccccc1S(=O)(=O)N1CCCCC1CO. The molecule has 1 fully saturated rings. The third-order valence-electron chi connectivity index (χ3n) is 3.62. The van der Waals surface area contributed by atoms with Crippen LogP contribution in [0.15, 0.2) is 29.2 Å². The second-order valence-electron chi connectivity index (χ2n) is 4.97. The average molecular weight is 298 g/mol. The maximum atomic E-state index is 12.8. The Bertz CT molecular complexity index is 545. The number of rotatable bonds is 5. The number of nitrogens with one attached hydrogen (secondary N) is 1. The van der Waals surface area contributed by atoms with E-state index in [4.69, 9.17) is 0 Å². The molecule has 1 saturated heterocycles. The third kappa shape index (κ3) is 2.97. The summed E-state index contributed by atoms with van der Waals surface area (Å²) in [6.07, 6.45) is 2.53. The van der Waals surface area contributed by atoms with Gasteiger partial charge in [0, 0.05) is 19.1 Å². The first-order valence-corrected chi connectivity index (χ1v) is 8.51. The Balaban J connectivity index is 2.38. The van der Waals surface area contributed by atoms with Crippen LogP contribution in [-0.4, -0.2) is 43.6 Å². The van der Waals surface area contributed by atoms with Crippen LogP contribution in [0, 0.1) is 0 Å². The predicted molar refractivity (Wildman–Crippen MR) is 79.2 cm³/mol. The summed E-state index contributed by atoms with van der Waals surface area (Å²) < 4.78 is 27.1. The number of hydrogen-bond donors (Lipinski definition) is 2. The molecule has 5 nitrogen and oxygen atoms in total. The molecule has 1 aromatic carbocycles. The highest BCUT2D eigenvalue weighted by Crippen LogP contribution is 2.29. The molecule has 0 aliphatic carbocycles. The molecule has 0 aromatic heterocycles. The van der Waals surface area contributed by atoms with Crippen molar-refractivity contribution in [3.8, 4) is 0 Å². The highest BCUT2D eigenvalue weighted by atomic mass is 32.2. The molecular weight excluding hydrogens is 276 g/mol. The number of para-hydroxylation sites is 1. The molecule has 2 N–H and O–H groups in total. The first-order chi connectivity index (χ1) is 9.61. The minimum absolute atomic E-state index is 0.122. The van der Waals surface area contributed by atoms with Gasteiger partial charge in [0.25, 0.3) is 0 Å². The predicted octanol–water partition coefficient (Wildman–Crippen LogP) is 1.65. The molecule has 1 heterocycles. The average Bonchev–Trinajstić information content (AvgIpc) is 2.48. The van der Waals surface area contributed by atoms with Gasteiger partial charge < -0.3 is 10.4 Å². The van der Waals surface area contributed by atoms with Gasteiger partial charge in [0.05, 0.1) is 12.3 Å². The molecule has 1 aliphatic heterocycles. The molecule has 20 heavy (non-hydrogen) atoms. The fourth-order valence-electron chi connectivity index (χ4n) is 2.63. The van der Waals surface area contributed by atoms with Crippen LogP contribution in [0.1, 0.15) is 26.2 Å². The van der Waals surface area contributed by atoms with E-state index in [0.717, 1.165) is 19.3 Å². The number of aliphatic hydroxyl groups excluding tert-OH is 1. The van der Waals surface area contributed by atoms with Gasteiger partial charge in [-0.1, -0.05) is 18.6 Å². The first kappa shape index (κ1) is 15.3. The Morgan fingerprint density at radius 3 is 2.80 bits per heavy atom. The molecule has 2 rings (SSSR count). The molecule has 0 radical (unpaired) electrons. The van der Waals surface area contributed by atoms with E-state index in [2.05, 4.69) is 5.32 Å². The summed E-state index contributed by atoms with van der Waals surface area (Å²) in [6, 6.07) is 6.64. The second kappa shape index (κ2) is 6.56. The number of hydrogen-bond acceptors (Lipinski definition) is 4. The van der Waals surface area contributed by atoms with Crippen molar-refractivity contribution in [3.63, 3.8) is 0 Å². The Morgan fingerprint density at radius 1 is 1.35 bits per heavy atom. The lowest BCUT2D eigenvalue weighted by molar-refractivity contribution is 0.155. The molecule has 0 amide bonds. The van der Waals surface area contributed by atoms with Gasteiger partial charge in [0.1, 0.15) is 4.90 Å². The minimum atomic E-state index is -3.57. The van der Waals surface area contributed by atoms with Crippen LogP contribution in [0.4, 0.5) is 5.69 Å². The molecule has 0 spiro atoms. The van der Waals surface area contributed by atoms with Crippen molar-refractivity contribution in [3.05, 3.63) is 24.3 Å². The van der Waals surface area contributed by atoms with Crippen LogP contribution < -0.4 is 5.32 Å². The Kier molecular flexibility index (Phi) is 5.01. The summed E-state index contributed by atoms with van der Waals surface area (Å²) in [6.45, 7) is 2.95. The zero-order valence-corrected chi connectivity index (χ0v) is 12.6. The maximum absolute atomic E-state index is 12.8. The summed E-state index contributed by atoms with van der Waals surface area (Å²) in [5.74, 6) is 0. The monoisotopic (exact) mass is 298 g/mol. The van der Waals surface area contributed by atoms with Crippen molar-refractivity contribution >= 4 is 15.7 Å². The molecule has 6 heteroatoms. The van der Waals surface area contributed by atoms with Crippen LogP contribution in [-0.2, 0) is 10.0 Å². The van der Waals surface area contributed by atoms with Crippen LogP contribution in [0.5, 0.6) is 0 Å². The van der Waals surface area contributed by atoms with Gasteiger partial charge in [-0.3, -0.25) is 0 Å². The van der Waals surface area contributed by atoms with Gasteiger partial charge in [-0.05, 0) is 31.9 Å². The number of benzene rings is 1. The first-order valence-electron chi connectivity index (χ1n) is 7.07. The van der Waals surface area contributed by atoms with Gasteiger partial charge in [-0.25, -0.2) is 8.42 Å². The van der Waals surface area contributed by atoms with Gasteiger partial charge in [-0.2, -0.15) is 4.31 Å². The van der Waals surface area contributed by atoms with E-state index < -0.39 is 10.0 Å².